The third kappa shape index (κ3) is 2.30. The summed E-state index contributed by atoms with van der Waals surface area (Å²) in [5, 5.41) is 0. The lowest BCUT2D eigenvalue weighted by Gasteiger charge is -2.05. The van der Waals surface area contributed by atoms with Crippen LogP contribution in [0.25, 0.3) is 0 Å². The molecule has 2 nitrogen and oxygen atoms in total. The average molecular weight is 251 g/mol. The average Bonchev–Trinajstić information content (AvgIpc) is 3.19. The number of rotatable bonds is 3. The topological polar surface area (TPSA) is 30.0 Å². The molecular formula is C17H17NO. The molecule has 3 rings (SSSR count). The highest BCUT2D eigenvalue weighted by Gasteiger charge is 2.44. The van der Waals surface area contributed by atoms with Gasteiger partial charge in [0.05, 0.1) is 0 Å². The minimum atomic E-state index is 0.144. The van der Waals surface area contributed by atoms with Gasteiger partial charge >= 0.3 is 0 Å². The predicted octanol–water partition coefficient (Wildman–Crippen LogP) is 3.68. The Bertz CT molecular complexity index is 618. The standard InChI is InChI=1S/C17H17NO/c1-11-8-9-14(12(2)18-11)17(19)16-10-15(16)13-6-4-3-5-7-13/h3-9,15-16H,10H2,1-2H3. The summed E-state index contributed by atoms with van der Waals surface area (Å²) >= 11 is 0. The number of aromatic nitrogens is 1. The van der Waals surface area contributed by atoms with E-state index in [1.165, 1.54) is 5.56 Å². The molecule has 1 saturated carbocycles. The maximum Gasteiger partial charge on any atom is 0.168 e. The lowest BCUT2D eigenvalue weighted by Crippen LogP contribution is -2.07. The van der Waals surface area contributed by atoms with Crippen molar-refractivity contribution in [1.29, 1.82) is 0 Å². The fraction of sp³-hybridized carbons (Fsp3) is 0.294. The van der Waals surface area contributed by atoms with E-state index in [2.05, 4.69) is 17.1 Å². The van der Waals surface area contributed by atoms with Crippen LogP contribution in [-0.4, -0.2) is 10.8 Å². The molecule has 96 valence electrons. The molecule has 1 aliphatic carbocycles. The van der Waals surface area contributed by atoms with Crippen LogP contribution in [-0.2, 0) is 0 Å². The Hall–Kier alpha value is -1.96. The fourth-order valence-electron chi connectivity index (χ4n) is 2.70. The third-order valence-electron chi connectivity index (χ3n) is 3.85. The van der Waals surface area contributed by atoms with Crippen molar-refractivity contribution in [2.45, 2.75) is 26.2 Å². The Morgan fingerprint density at radius 3 is 2.53 bits per heavy atom. The van der Waals surface area contributed by atoms with E-state index in [4.69, 9.17) is 0 Å². The van der Waals surface area contributed by atoms with Gasteiger partial charge in [-0.2, -0.15) is 0 Å². The minimum absolute atomic E-state index is 0.144. The van der Waals surface area contributed by atoms with Gasteiger partial charge in [0.2, 0.25) is 0 Å². The Morgan fingerprint density at radius 2 is 1.84 bits per heavy atom. The molecule has 0 spiro atoms. The van der Waals surface area contributed by atoms with E-state index >= 15 is 0 Å². The van der Waals surface area contributed by atoms with Crippen molar-refractivity contribution in [2.75, 3.05) is 0 Å². The van der Waals surface area contributed by atoms with Crippen LogP contribution in [0.3, 0.4) is 0 Å². The summed E-state index contributed by atoms with van der Waals surface area (Å²) in [7, 11) is 0. The number of carbonyl (C=O) groups is 1. The Balaban J connectivity index is 1.80. The zero-order valence-electron chi connectivity index (χ0n) is 11.3. The number of benzene rings is 1. The molecule has 2 aromatic rings. The van der Waals surface area contributed by atoms with E-state index in [1.54, 1.807) is 0 Å². The second-order valence-electron chi connectivity index (χ2n) is 5.31. The van der Waals surface area contributed by atoms with Gasteiger partial charge in [-0.05, 0) is 43.9 Å². The maximum atomic E-state index is 12.5. The van der Waals surface area contributed by atoms with Gasteiger partial charge in [0, 0.05) is 22.9 Å². The first-order valence-corrected chi connectivity index (χ1v) is 6.70. The molecule has 2 heteroatoms. The van der Waals surface area contributed by atoms with Crippen molar-refractivity contribution in [3.05, 3.63) is 65.0 Å². The molecule has 0 amide bonds. The molecule has 0 saturated heterocycles. The van der Waals surface area contributed by atoms with E-state index in [0.717, 1.165) is 23.4 Å². The highest BCUT2D eigenvalue weighted by Crippen LogP contribution is 2.49. The molecule has 0 N–H and O–H groups in total. The molecule has 1 heterocycles. The van der Waals surface area contributed by atoms with Crippen LogP contribution < -0.4 is 0 Å². The van der Waals surface area contributed by atoms with Gasteiger partial charge in [-0.25, -0.2) is 0 Å². The summed E-state index contributed by atoms with van der Waals surface area (Å²) in [6, 6.07) is 14.1. The Labute approximate surface area is 113 Å². The van der Waals surface area contributed by atoms with E-state index in [1.807, 2.05) is 44.2 Å². The molecule has 2 unspecified atom stereocenters. The van der Waals surface area contributed by atoms with Gasteiger partial charge in [-0.15, -0.1) is 0 Å². The van der Waals surface area contributed by atoms with E-state index < -0.39 is 0 Å². The number of hydrogen-bond acceptors (Lipinski definition) is 2. The third-order valence-corrected chi connectivity index (χ3v) is 3.85. The molecular weight excluding hydrogens is 234 g/mol. The minimum Gasteiger partial charge on any atom is -0.294 e. The van der Waals surface area contributed by atoms with Crippen LogP contribution in [0, 0.1) is 19.8 Å². The molecule has 1 aromatic heterocycles. The fourth-order valence-corrected chi connectivity index (χ4v) is 2.70. The van der Waals surface area contributed by atoms with Crippen LogP contribution >= 0.6 is 0 Å². The Morgan fingerprint density at radius 1 is 1.11 bits per heavy atom. The van der Waals surface area contributed by atoms with Gasteiger partial charge in [0.15, 0.2) is 5.78 Å². The first-order valence-electron chi connectivity index (χ1n) is 6.70. The number of nitrogens with zero attached hydrogens (tertiary/aromatic N) is 1. The monoisotopic (exact) mass is 251 g/mol. The molecule has 0 radical (unpaired) electrons. The summed E-state index contributed by atoms with van der Waals surface area (Å²) in [6.07, 6.45) is 0.968. The van der Waals surface area contributed by atoms with E-state index in [9.17, 15) is 4.79 Å². The first kappa shape index (κ1) is 12.1. The molecule has 1 aliphatic rings. The second-order valence-corrected chi connectivity index (χ2v) is 5.31. The highest BCUT2D eigenvalue weighted by molar-refractivity contribution is 6.01. The number of hydrogen-bond donors (Lipinski definition) is 0. The summed E-state index contributed by atoms with van der Waals surface area (Å²) in [5.74, 6) is 0.791. The molecule has 1 fully saturated rings. The molecule has 2 atom stereocenters. The zero-order valence-corrected chi connectivity index (χ0v) is 11.3. The maximum absolute atomic E-state index is 12.5. The first-order chi connectivity index (χ1) is 9.16. The van der Waals surface area contributed by atoms with Crippen LogP contribution in [0.15, 0.2) is 42.5 Å². The van der Waals surface area contributed by atoms with Gasteiger partial charge < -0.3 is 0 Å². The van der Waals surface area contributed by atoms with Gasteiger partial charge in [0.25, 0.3) is 0 Å². The number of ketones is 1. The number of aryl methyl sites for hydroxylation is 2. The lowest BCUT2D eigenvalue weighted by atomic mass is 10.0. The summed E-state index contributed by atoms with van der Waals surface area (Å²) in [4.78, 5) is 16.9. The lowest BCUT2D eigenvalue weighted by molar-refractivity contribution is 0.0964. The van der Waals surface area contributed by atoms with Gasteiger partial charge in [0.1, 0.15) is 0 Å². The van der Waals surface area contributed by atoms with Crippen molar-refractivity contribution in [3.63, 3.8) is 0 Å². The number of pyridine rings is 1. The van der Waals surface area contributed by atoms with Crippen molar-refractivity contribution >= 4 is 5.78 Å². The van der Waals surface area contributed by atoms with E-state index in [-0.39, 0.29) is 11.7 Å². The molecule has 19 heavy (non-hydrogen) atoms. The summed E-state index contributed by atoms with van der Waals surface area (Å²) < 4.78 is 0. The van der Waals surface area contributed by atoms with Crippen molar-refractivity contribution in [2.24, 2.45) is 5.92 Å². The molecule has 1 aromatic carbocycles. The number of Topliss-reactive ketones (excluding diaryl/α,β-unsaturated/α-hetero) is 1. The van der Waals surface area contributed by atoms with E-state index in [0.29, 0.717) is 5.92 Å². The normalized spacial score (nSPS) is 21.2. The Kier molecular flexibility index (Phi) is 2.94. The van der Waals surface area contributed by atoms with Crippen molar-refractivity contribution in [3.8, 4) is 0 Å². The zero-order chi connectivity index (χ0) is 13.4. The molecule has 0 bridgehead atoms. The van der Waals surface area contributed by atoms with Crippen LogP contribution in [0.1, 0.15) is 39.6 Å². The van der Waals surface area contributed by atoms with Crippen molar-refractivity contribution < 1.29 is 4.79 Å². The largest absolute Gasteiger partial charge is 0.294 e. The van der Waals surface area contributed by atoms with Crippen molar-refractivity contribution in [1.82, 2.24) is 4.98 Å². The van der Waals surface area contributed by atoms with Crippen LogP contribution in [0.5, 0.6) is 0 Å². The van der Waals surface area contributed by atoms with Crippen LogP contribution in [0.2, 0.25) is 0 Å². The molecule has 0 aliphatic heterocycles. The van der Waals surface area contributed by atoms with Crippen LogP contribution in [0.4, 0.5) is 0 Å². The highest BCUT2D eigenvalue weighted by atomic mass is 16.1. The van der Waals surface area contributed by atoms with Gasteiger partial charge in [-0.1, -0.05) is 30.3 Å². The SMILES string of the molecule is Cc1ccc(C(=O)C2CC2c2ccccc2)c(C)n1. The smallest absolute Gasteiger partial charge is 0.168 e. The summed E-state index contributed by atoms with van der Waals surface area (Å²) in [5.41, 5.74) is 3.88. The quantitative estimate of drug-likeness (QED) is 0.779. The predicted molar refractivity (Wildman–Crippen MR) is 75.3 cm³/mol. The van der Waals surface area contributed by atoms with Gasteiger partial charge in [-0.3, -0.25) is 9.78 Å². The number of carbonyl (C=O) groups excluding carboxylic acids is 1. The summed E-state index contributed by atoms with van der Waals surface area (Å²) in [6.45, 7) is 3.87. The second kappa shape index (κ2) is 4.61.